The van der Waals surface area contributed by atoms with Crippen molar-refractivity contribution in [2.75, 3.05) is 0 Å². The van der Waals surface area contributed by atoms with Crippen molar-refractivity contribution in [3.05, 3.63) is 49.3 Å². The molecule has 0 aliphatic carbocycles. The van der Waals surface area contributed by atoms with Crippen molar-refractivity contribution in [3.63, 3.8) is 0 Å². The minimum atomic E-state index is 0.182. The molecule has 0 spiro atoms. The minimum absolute atomic E-state index is 0.182. The Hall–Kier alpha value is -0.690. The molecule has 0 fully saturated rings. The smallest absolute Gasteiger partial charge is 0.124 e. The molecule has 6 heteroatoms. The molecule has 2 N–H and O–H groups in total. The molecule has 2 aromatic heterocycles. The Morgan fingerprint density at radius 2 is 2.15 bits per heavy atom. The summed E-state index contributed by atoms with van der Waals surface area (Å²) in [5.74, 6) is 0.973. The number of rotatable bonds is 4. The van der Waals surface area contributed by atoms with E-state index >= 15 is 0 Å². The first kappa shape index (κ1) is 14.3. The van der Waals surface area contributed by atoms with Gasteiger partial charge in [0, 0.05) is 15.9 Å². The molecule has 1 aromatic carbocycles. The number of nitrogens with zero attached hydrogens (tertiary/aromatic N) is 1. The second-order valence-electron chi connectivity index (χ2n) is 4.58. The third-order valence-electron chi connectivity index (χ3n) is 3.10. The highest BCUT2D eigenvalue weighted by atomic mass is 79.9. The molecule has 1 atom stereocenters. The number of hydrogen-bond donors (Lipinski definition) is 2. The Bertz CT molecular complexity index is 682. The van der Waals surface area contributed by atoms with E-state index in [1.807, 2.05) is 24.3 Å². The van der Waals surface area contributed by atoms with Gasteiger partial charge in [0.05, 0.1) is 20.9 Å². The Morgan fingerprint density at radius 1 is 1.35 bits per heavy atom. The largest absolute Gasteiger partial charge is 0.341 e. The maximum absolute atomic E-state index is 4.61. The molecule has 0 radical (unpaired) electrons. The van der Waals surface area contributed by atoms with Gasteiger partial charge in [-0.2, -0.15) is 0 Å². The number of para-hydroxylation sites is 2. The number of aromatic nitrogens is 2. The molecule has 0 aliphatic rings. The Labute approximate surface area is 138 Å². The lowest BCUT2D eigenvalue weighted by Crippen LogP contribution is -2.18. The third kappa shape index (κ3) is 2.98. The monoisotopic (exact) mass is 413 g/mol. The van der Waals surface area contributed by atoms with E-state index in [1.54, 1.807) is 11.3 Å². The summed E-state index contributed by atoms with van der Waals surface area (Å²) >= 11 is 8.76. The summed E-state index contributed by atoms with van der Waals surface area (Å²) in [6, 6.07) is 10.4. The minimum Gasteiger partial charge on any atom is -0.341 e. The van der Waals surface area contributed by atoms with Crippen LogP contribution in [-0.2, 0) is 6.54 Å². The van der Waals surface area contributed by atoms with Crippen LogP contribution in [0, 0.1) is 0 Å². The van der Waals surface area contributed by atoms with E-state index in [1.165, 1.54) is 4.88 Å². The normalized spacial score (nSPS) is 12.9. The van der Waals surface area contributed by atoms with Crippen molar-refractivity contribution >= 4 is 54.2 Å². The molecule has 104 valence electrons. The quantitative estimate of drug-likeness (QED) is 0.630. The number of thiophene rings is 1. The Morgan fingerprint density at radius 3 is 2.85 bits per heavy atom. The molecule has 3 aromatic rings. The fraction of sp³-hybridized carbons (Fsp3) is 0.214. The van der Waals surface area contributed by atoms with Crippen LogP contribution in [0.25, 0.3) is 11.0 Å². The van der Waals surface area contributed by atoms with E-state index in [4.69, 9.17) is 0 Å². The molecular weight excluding hydrogens is 402 g/mol. The van der Waals surface area contributed by atoms with Crippen molar-refractivity contribution in [2.45, 2.75) is 19.5 Å². The van der Waals surface area contributed by atoms with Crippen LogP contribution >= 0.6 is 43.2 Å². The highest BCUT2D eigenvalue weighted by Crippen LogP contribution is 2.32. The van der Waals surface area contributed by atoms with Crippen LogP contribution in [0.1, 0.15) is 23.7 Å². The Balaban J connectivity index is 1.70. The van der Waals surface area contributed by atoms with Crippen molar-refractivity contribution in [2.24, 2.45) is 0 Å². The predicted molar refractivity (Wildman–Crippen MR) is 91.1 cm³/mol. The first-order valence-corrected chi connectivity index (χ1v) is 8.65. The van der Waals surface area contributed by atoms with E-state index < -0.39 is 0 Å². The number of aromatic amines is 1. The fourth-order valence-corrected chi connectivity index (χ4v) is 4.13. The van der Waals surface area contributed by atoms with Crippen LogP contribution < -0.4 is 5.32 Å². The first-order chi connectivity index (χ1) is 9.63. The first-order valence-electron chi connectivity index (χ1n) is 6.25. The summed E-state index contributed by atoms with van der Waals surface area (Å²) in [6.07, 6.45) is 0. The van der Waals surface area contributed by atoms with Gasteiger partial charge in [0.25, 0.3) is 0 Å². The maximum Gasteiger partial charge on any atom is 0.124 e. The average molecular weight is 415 g/mol. The second kappa shape index (κ2) is 5.97. The van der Waals surface area contributed by atoms with Crippen molar-refractivity contribution in [3.8, 4) is 0 Å². The number of imidazole rings is 1. The molecule has 0 saturated carbocycles. The lowest BCUT2D eigenvalue weighted by molar-refractivity contribution is 0.556. The van der Waals surface area contributed by atoms with Gasteiger partial charge >= 0.3 is 0 Å². The van der Waals surface area contributed by atoms with Crippen LogP contribution in [0.15, 0.2) is 38.6 Å². The van der Waals surface area contributed by atoms with Crippen LogP contribution in [0.2, 0.25) is 0 Å². The molecular formula is C14H13Br2N3S. The van der Waals surface area contributed by atoms with E-state index in [2.05, 4.69) is 60.1 Å². The summed E-state index contributed by atoms with van der Waals surface area (Å²) in [7, 11) is 0. The molecule has 3 rings (SSSR count). The van der Waals surface area contributed by atoms with E-state index in [0.29, 0.717) is 0 Å². The van der Waals surface area contributed by atoms with E-state index in [0.717, 1.165) is 31.7 Å². The number of H-pyrrole nitrogens is 1. The average Bonchev–Trinajstić information content (AvgIpc) is 3.00. The lowest BCUT2D eigenvalue weighted by Gasteiger charge is -2.09. The SMILES string of the molecule is CC(NCc1cc(Br)c(Br)s1)c1nc2ccccc2[nH]1. The molecule has 0 aliphatic heterocycles. The lowest BCUT2D eigenvalue weighted by atomic mass is 10.3. The maximum atomic E-state index is 4.61. The summed E-state index contributed by atoms with van der Waals surface area (Å²) in [4.78, 5) is 9.26. The van der Waals surface area contributed by atoms with Gasteiger partial charge in [-0.1, -0.05) is 12.1 Å². The van der Waals surface area contributed by atoms with Crippen molar-refractivity contribution in [1.82, 2.24) is 15.3 Å². The number of fused-ring (bicyclic) bond motifs is 1. The number of nitrogens with one attached hydrogen (secondary N) is 2. The van der Waals surface area contributed by atoms with Gasteiger partial charge in [-0.05, 0) is 57.0 Å². The topological polar surface area (TPSA) is 40.7 Å². The molecule has 0 bridgehead atoms. The highest BCUT2D eigenvalue weighted by molar-refractivity contribution is 9.13. The summed E-state index contributed by atoms with van der Waals surface area (Å²) in [5, 5.41) is 3.49. The van der Waals surface area contributed by atoms with Crippen LogP contribution in [0.3, 0.4) is 0 Å². The van der Waals surface area contributed by atoms with Gasteiger partial charge in [0.15, 0.2) is 0 Å². The van der Waals surface area contributed by atoms with Crippen LogP contribution in [0.5, 0.6) is 0 Å². The summed E-state index contributed by atoms with van der Waals surface area (Å²) in [5.41, 5.74) is 2.09. The predicted octanol–water partition coefficient (Wildman–Crippen LogP) is 5.00. The van der Waals surface area contributed by atoms with E-state index in [-0.39, 0.29) is 6.04 Å². The standard InChI is InChI=1S/C14H13Br2N3S/c1-8(17-7-9-6-10(15)13(16)20-9)14-18-11-4-2-3-5-12(11)19-14/h2-6,8,17H,7H2,1H3,(H,18,19). The zero-order valence-corrected chi connectivity index (χ0v) is 14.8. The number of benzene rings is 1. The van der Waals surface area contributed by atoms with Crippen LogP contribution in [0.4, 0.5) is 0 Å². The van der Waals surface area contributed by atoms with Gasteiger partial charge < -0.3 is 10.3 Å². The van der Waals surface area contributed by atoms with Gasteiger partial charge in [0.1, 0.15) is 5.82 Å². The summed E-state index contributed by atoms with van der Waals surface area (Å²) < 4.78 is 2.24. The summed E-state index contributed by atoms with van der Waals surface area (Å²) in [6.45, 7) is 2.95. The molecule has 3 nitrogen and oxygen atoms in total. The van der Waals surface area contributed by atoms with Crippen molar-refractivity contribution in [1.29, 1.82) is 0 Å². The fourth-order valence-electron chi connectivity index (χ4n) is 2.01. The zero-order chi connectivity index (χ0) is 14.1. The third-order valence-corrected chi connectivity index (χ3v) is 6.35. The van der Waals surface area contributed by atoms with Gasteiger partial charge in [-0.3, -0.25) is 0 Å². The number of hydrogen-bond acceptors (Lipinski definition) is 3. The molecule has 0 saturated heterocycles. The molecule has 1 unspecified atom stereocenters. The van der Waals surface area contributed by atoms with Crippen LogP contribution in [-0.4, -0.2) is 9.97 Å². The number of halogens is 2. The van der Waals surface area contributed by atoms with Gasteiger partial charge in [-0.15, -0.1) is 11.3 Å². The van der Waals surface area contributed by atoms with Gasteiger partial charge in [0.2, 0.25) is 0 Å². The molecule has 2 heterocycles. The zero-order valence-electron chi connectivity index (χ0n) is 10.8. The van der Waals surface area contributed by atoms with Gasteiger partial charge in [-0.25, -0.2) is 4.98 Å². The molecule has 20 heavy (non-hydrogen) atoms. The Kier molecular flexibility index (Phi) is 4.26. The highest BCUT2D eigenvalue weighted by Gasteiger charge is 2.11. The molecule has 0 amide bonds. The van der Waals surface area contributed by atoms with Crippen molar-refractivity contribution < 1.29 is 0 Å². The van der Waals surface area contributed by atoms with E-state index in [9.17, 15) is 0 Å². The second-order valence-corrected chi connectivity index (χ2v) is 7.89.